The summed E-state index contributed by atoms with van der Waals surface area (Å²) < 4.78 is 0. The predicted octanol–water partition coefficient (Wildman–Crippen LogP) is -1.28. The third-order valence-electron chi connectivity index (χ3n) is 3.18. The standard InChI is InChI=1S/C11H17N3O3/c1-7-2-8(4-12-3-7)11(17)14-5-9(15)13-10(16)6-14/h7-8,12H,2-6H2,1H3,(H,13,15,16). The fourth-order valence-electron chi connectivity index (χ4n) is 2.40. The molecule has 2 unspecified atom stereocenters. The van der Waals surface area contributed by atoms with Crippen molar-refractivity contribution in [3.05, 3.63) is 0 Å². The van der Waals surface area contributed by atoms with Crippen molar-refractivity contribution < 1.29 is 14.4 Å². The number of rotatable bonds is 1. The minimum atomic E-state index is -0.397. The van der Waals surface area contributed by atoms with Crippen molar-refractivity contribution in [3.63, 3.8) is 0 Å². The van der Waals surface area contributed by atoms with E-state index < -0.39 is 11.8 Å². The van der Waals surface area contributed by atoms with Crippen LogP contribution in [0.2, 0.25) is 0 Å². The van der Waals surface area contributed by atoms with E-state index in [0.717, 1.165) is 13.0 Å². The summed E-state index contributed by atoms with van der Waals surface area (Å²) in [6.45, 7) is 3.63. The van der Waals surface area contributed by atoms with Gasteiger partial charge in [0.2, 0.25) is 17.7 Å². The Morgan fingerprint density at radius 3 is 2.47 bits per heavy atom. The minimum absolute atomic E-state index is 0.00451. The number of amides is 3. The first-order chi connectivity index (χ1) is 8.06. The van der Waals surface area contributed by atoms with Crippen LogP contribution in [0, 0.1) is 11.8 Å². The van der Waals surface area contributed by atoms with Crippen molar-refractivity contribution in [2.45, 2.75) is 13.3 Å². The number of imide groups is 1. The van der Waals surface area contributed by atoms with E-state index in [1.165, 1.54) is 4.90 Å². The molecule has 3 amide bonds. The second kappa shape index (κ2) is 4.83. The first kappa shape index (κ1) is 12.0. The van der Waals surface area contributed by atoms with Gasteiger partial charge in [0.25, 0.3) is 0 Å². The molecule has 0 saturated carbocycles. The summed E-state index contributed by atoms with van der Waals surface area (Å²) in [7, 11) is 0. The zero-order valence-corrected chi connectivity index (χ0v) is 9.86. The monoisotopic (exact) mass is 239 g/mol. The maximum absolute atomic E-state index is 12.1. The van der Waals surface area contributed by atoms with E-state index in [1.54, 1.807) is 0 Å². The number of carbonyl (C=O) groups is 3. The van der Waals surface area contributed by atoms with E-state index in [0.29, 0.717) is 12.5 Å². The molecule has 2 aliphatic rings. The third-order valence-corrected chi connectivity index (χ3v) is 3.18. The molecule has 0 aliphatic carbocycles. The highest BCUT2D eigenvalue weighted by atomic mass is 16.2. The molecule has 2 atom stereocenters. The number of hydrogen-bond acceptors (Lipinski definition) is 4. The molecule has 2 fully saturated rings. The van der Waals surface area contributed by atoms with Gasteiger partial charge in [-0.3, -0.25) is 19.7 Å². The highest BCUT2D eigenvalue weighted by Gasteiger charge is 2.33. The van der Waals surface area contributed by atoms with Crippen LogP contribution in [0.1, 0.15) is 13.3 Å². The highest BCUT2D eigenvalue weighted by Crippen LogP contribution is 2.18. The van der Waals surface area contributed by atoms with Gasteiger partial charge in [-0.2, -0.15) is 0 Å². The summed E-state index contributed by atoms with van der Waals surface area (Å²) >= 11 is 0. The molecule has 2 rings (SSSR count). The molecule has 2 aliphatic heterocycles. The Balaban J connectivity index is 1.98. The third kappa shape index (κ3) is 2.82. The summed E-state index contributed by atoms with van der Waals surface area (Å²) in [6, 6.07) is 0. The van der Waals surface area contributed by atoms with Crippen LogP contribution in [-0.2, 0) is 14.4 Å². The highest BCUT2D eigenvalue weighted by molar-refractivity contribution is 6.02. The SMILES string of the molecule is CC1CNCC(C(=O)N2CC(=O)NC(=O)C2)C1. The molecule has 2 N–H and O–H groups in total. The molecule has 0 aromatic heterocycles. The number of carbonyl (C=O) groups excluding carboxylic acids is 3. The van der Waals surface area contributed by atoms with E-state index in [1.807, 2.05) is 0 Å². The number of piperidine rings is 1. The Hall–Kier alpha value is -1.43. The Labute approximate surface area is 99.7 Å². The Morgan fingerprint density at radius 2 is 1.88 bits per heavy atom. The van der Waals surface area contributed by atoms with Crippen LogP contribution < -0.4 is 10.6 Å². The molecule has 0 aromatic carbocycles. The molecule has 2 saturated heterocycles. The number of nitrogens with zero attached hydrogens (tertiary/aromatic N) is 1. The largest absolute Gasteiger partial charge is 0.324 e. The Morgan fingerprint density at radius 1 is 1.24 bits per heavy atom. The van der Waals surface area contributed by atoms with Gasteiger partial charge in [-0.1, -0.05) is 6.92 Å². The molecular formula is C11H17N3O3. The zero-order chi connectivity index (χ0) is 12.4. The molecule has 0 bridgehead atoms. The van der Waals surface area contributed by atoms with Crippen molar-refractivity contribution in [2.24, 2.45) is 11.8 Å². The maximum atomic E-state index is 12.1. The van der Waals surface area contributed by atoms with Gasteiger partial charge in [-0.05, 0) is 18.9 Å². The minimum Gasteiger partial charge on any atom is -0.324 e. The summed E-state index contributed by atoms with van der Waals surface area (Å²) in [5.41, 5.74) is 0. The first-order valence-electron chi connectivity index (χ1n) is 5.88. The molecule has 94 valence electrons. The molecular weight excluding hydrogens is 222 g/mol. The zero-order valence-electron chi connectivity index (χ0n) is 9.86. The predicted molar refractivity (Wildman–Crippen MR) is 59.9 cm³/mol. The smallest absolute Gasteiger partial charge is 0.246 e. The van der Waals surface area contributed by atoms with Gasteiger partial charge < -0.3 is 10.2 Å². The number of nitrogens with one attached hydrogen (secondary N) is 2. The second-order valence-electron chi connectivity index (χ2n) is 4.86. The van der Waals surface area contributed by atoms with Gasteiger partial charge in [-0.25, -0.2) is 0 Å². The van der Waals surface area contributed by atoms with E-state index in [2.05, 4.69) is 17.6 Å². The molecule has 17 heavy (non-hydrogen) atoms. The van der Waals surface area contributed by atoms with Crippen LogP contribution in [0.4, 0.5) is 0 Å². The second-order valence-corrected chi connectivity index (χ2v) is 4.86. The lowest BCUT2D eigenvalue weighted by Crippen LogP contribution is -2.56. The van der Waals surface area contributed by atoms with Gasteiger partial charge in [0.05, 0.1) is 5.92 Å². The Bertz CT molecular complexity index is 340. The summed E-state index contributed by atoms with van der Waals surface area (Å²) in [5, 5.41) is 5.38. The first-order valence-corrected chi connectivity index (χ1v) is 5.88. The van der Waals surface area contributed by atoms with Crippen LogP contribution in [0.3, 0.4) is 0 Å². The normalized spacial score (nSPS) is 30.1. The molecule has 0 aromatic rings. The van der Waals surface area contributed by atoms with Gasteiger partial charge in [0.15, 0.2) is 0 Å². The Kier molecular flexibility index (Phi) is 3.42. The van der Waals surface area contributed by atoms with Crippen molar-refractivity contribution in [2.75, 3.05) is 26.2 Å². The molecule has 0 spiro atoms. The summed E-state index contributed by atoms with van der Waals surface area (Å²) in [4.78, 5) is 35.9. The van der Waals surface area contributed by atoms with Gasteiger partial charge in [-0.15, -0.1) is 0 Å². The van der Waals surface area contributed by atoms with Crippen LogP contribution in [0.25, 0.3) is 0 Å². The summed E-state index contributed by atoms with van der Waals surface area (Å²) in [6.07, 6.45) is 0.818. The quantitative estimate of drug-likeness (QED) is 0.558. The topological polar surface area (TPSA) is 78.5 Å². The molecule has 6 heteroatoms. The van der Waals surface area contributed by atoms with E-state index in [-0.39, 0.29) is 24.9 Å². The van der Waals surface area contributed by atoms with Crippen molar-refractivity contribution in [1.82, 2.24) is 15.5 Å². The average Bonchev–Trinajstić information content (AvgIpc) is 2.26. The fraction of sp³-hybridized carbons (Fsp3) is 0.727. The van der Waals surface area contributed by atoms with E-state index in [4.69, 9.17) is 0 Å². The fourth-order valence-corrected chi connectivity index (χ4v) is 2.40. The lowest BCUT2D eigenvalue weighted by Gasteiger charge is -2.33. The molecule has 6 nitrogen and oxygen atoms in total. The van der Waals surface area contributed by atoms with E-state index in [9.17, 15) is 14.4 Å². The van der Waals surface area contributed by atoms with E-state index >= 15 is 0 Å². The van der Waals surface area contributed by atoms with Gasteiger partial charge >= 0.3 is 0 Å². The van der Waals surface area contributed by atoms with Crippen molar-refractivity contribution >= 4 is 17.7 Å². The number of hydrogen-bond donors (Lipinski definition) is 2. The van der Waals surface area contributed by atoms with Crippen LogP contribution in [0.15, 0.2) is 0 Å². The molecule has 0 radical (unpaired) electrons. The lowest BCUT2D eigenvalue weighted by atomic mass is 9.90. The number of piperazine rings is 1. The van der Waals surface area contributed by atoms with Crippen LogP contribution >= 0.6 is 0 Å². The van der Waals surface area contributed by atoms with Crippen molar-refractivity contribution in [1.29, 1.82) is 0 Å². The van der Waals surface area contributed by atoms with Crippen LogP contribution in [0.5, 0.6) is 0 Å². The van der Waals surface area contributed by atoms with Gasteiger partial charge in [0.1, 0.15) is 13.1 Å². The average molecular weight is 239 g/mol. The lowest BCUT2D eigenvalue weighted by molar-refractivity contribution is -0.148. The summed E-state index contributed by atoms with van der Waals surface area (Å²) in [5.74, 6) is -0.547. The maximum Gasteiger partial charge on any atom is 0.246 e. The molecule has 2 heterocycles. The van der Waals surface area contributed by atoms with Crippen molar-refractivity contribution in [3.8, 4) is 0 Å². The van der Waals surface area contributed by atoms with Crippen LogP contribution in [-0.4, -0.2) is 48.8 Å². The van der Waals surface area contributed by atoms with Gasteiger partial charge in [0, 0.05) is 6.54 Å².